The van der Waals surface area contributed by atoms with Gasteiger partial charge in [-0.3, -0.25) is 4.90 Å². The third-order valence-corrected chi connectivity index (χ3v) is 4.66. The number of fused-ring (bicyclic) bond motifs is 1. The van der Waals surface area contributed by atoms with Crippen LogP contribution in [0.2, 0.25) is 0 Å². The number of carbonyl (C=O) groups excluding carboxylic acids is 1. The second-order valence-corrected chi connectivity index (χ2v) is 6.05. The number of carbonyl (C=O) groups is 1. The third-order valence-electron chi connectivity index (χ3n) is 4.66. The summed E-state index contributed by atoms with van der Waals surface area (Å²) < 4.78 is 6.92. The van der Waals surface area contributed by atoms with Gasteiger partial charge in [0.15, 0.2) is 0 Å². The molecule has 0 unspecified atom stereocenters. The molecule has 6 nitrogen and oxygen atoms in total. The number of nitrogens with zero attached hydrogens (tertiary/aromatic N) is 4. The number of piperidine rings is 1. The zero-order valence-electron chi connectivity index (χ0n) is 12.5. The van der Waals surface area contributed by atoms with Gasteiger partial charge in [-0.15, -0.1) is 0 Å². The second-order valence-electron chi connectivity index (χ2n) is 6.05. The highest BCUT2D eigenvalue weighted by Gasteiger charge is 2.32. The van der Waals surface area contributed by atoms with Crippen LogP contribution >= 0.6 is 0 Å². The summed E-state index contributed by atoms with van der Waals surface area (Å²) in [6.45, 7) is 4.31. The maximum absolute atomic E-state index is 11.6. The molecule has 0 radical (unpaired) electrons. The van der Waals surface area contributed by atoms with E-state index in [4.69, 9.17) is 4.74 Å². The largest absolute Gasteiger partial charge is 0.448 e. The van der Waals surface area contributed by atoms with Crippen molar-refractivity contribution in [2.45, 2.75) is 25.4 Å². The number of hydrogen-bond donors (Lipinski definition) is 0. The SMILES string of the molecule is O=C1OCCN1C1CCN(Cc2ccn3nccc3c2)CC1. The van der Waals surface area contributed by atoms with E-state index in [-0.39, 0.29) is 6.09 Å². The molecule has 2 aromatic heterocycles. The Morgan fingerprint density at radius 2 is 2.09 bits per heavy atom. The molecule has 0 aliphatic carbocycles. The maximum Gasteiger partial charge on any atom is 0.410 e. The topological polar surface area (TPSA) is 50.1 Å². The molecule has 4 heterocycles. The predicted molar refractivity (Wildman–Crippen MR) is 81.5 cm³/mol. The molecule has 2 saturated heterocycles. The first-order valence-electron chi connectivity index (χ1n) is 7.88. The number of rotatable bonds is 3. The van der Waals surface area contributed by atoms with Crippen molar-refractivity contribution >= 4 is 11.6 Å². The summed E-state index contributed by atoms with van der Waals surface area (Å²) in [5, 5.41) is 4.22. The van der Waals surface area contributed by atoms with Crippen molar-refractivity contribution in [3.05, 3.63) is 36.2 Å². The van der Waals surface area contributed by atoms with E-state index in [0.29, 0.717) is 12.6 Å². The van der Waals surface area contributed by atoms with E-state index in [2.05, 4.69) is 22.1 Å². The van der Waals surface area contributed by atoms with Crippen molar-refractivity contribution in [2.24, 2.45) is 0 Å². The van der Waals surface area contributed by atoms with Crippen LogP contribution in [0.4, 0.5) is 4.79 Å². The van der Waals surface area contributed by atoms with Crippen molar-refractivity contribution in [1.29, 1.82) is 0 Å². The average Bonchev–Trinajstić information content (AvgIpc) is 3.16. The Morgan fingerprint density at radius 1 is 1.23 bits per heavy atom. The minimum Gasteiger partial charge on any atom is -0.448 e. The molecule has 0 bridgehead atoms. The highest BCUT2D eigenvalue weighted by molar-refractivity contribution is 5.69. The van der Waals surface area contributed by atoms with Gasteiger partial charge in [-0.25, -0.2) is 9.31 Å². The van der Waals surface area contributed by atoms with Crippen LogP contribution < -0.4 is 0 Å². The first-order chi connectivity index (χ1) is 10.8. The fraction of sp³-hybridized carbons (Fsp3) is 0.500. The lowest BCUT2D eigenvalue weighted by molar-refractivity contribution is 0.115. The lowest BCUT2D eigenvalue weighted by Crippen LogP contribution is -2.45. The van der Waals surface area contributed by atoms with Crippen molar-refractivity contribution in [1.82, 2.24) is 19.4 Å². The first-order valence-corrected chi connectivity index (χ1v) is 7.88. The molecule has 22 heavy (non-hydrogen) atoms. The van der Waals surface area contributed by atoms with Crippen molar-refractivity contribution in [2.75, 3.05) is 26.2 Å². The summed E-state index contributed by atoms with van der Waals surface area (Å²) in [5.41, 5.74) is 2.44. The molecule has 6 heteroatoms. The van der Waals surface area contributed by atoms with Crippen LogP contribution in [-0.4, -0.2) is 57.8 Å². The number of ether oxygens (including phenoxy) is 1. The van der Waals surface area contributed by atoms with Crippen molar-refractivity contribution in [3.63, 3.8) is 0 Å². The maximum atomic E-state index is 11.6. The standard InChI is InChI=1S/C16H20N4O2/c21-16-19(9-10-22-16)14-3-6-18(7-4-14)12-13-2-8-20-15(11-13)1-5-17-20/h1-2,5,8,11,14H,3-4,6-7,9-10,12H2. The van der Waals surface area contributed by atoms with Gasteiger partial charge in [-0.05, 0) is 36.6 Å². The van der Waals surface area contributed by atoms with E-state index in [1.807, 2.05) is 27.9 Å². The van der Waals surface area contributed by atoms with Crippen LogP contribution in [0.1, 0.15) is 18.4 Å². The Hall–Kier alpha value is -2.08. The smallest absolute Gasteiger partial charge is 0.410 e. The van der Waals surface area contributed by atoms with E-state index >= 15 is 0 Å². The summed E-state index contributed by atoms with van der Waals surface area (Å²) in [4.78, 5) is 16.0. The van der Waals surface area contributed by atoms with Gasteiger partial charge >= 0.3 is 6.09 Å². The van der Waals surface area contributed by atoms with Crippen LogP contribution in [0.25, 0.3) is 5.52 Å². The van der Waals surface area contributed by atoms with E-state index in [1.54, 1.807) is 0 Å². The van der Waals surface area contributed by atoms with Crippen LogP contribution in [-0.2, 0) is 11.3 Å². The lowest BCUT2D eigenvalue weighted by atomic mass is 10.0. The Bertz CT molecular complexity index is 676. The van der Waals surface area contributed by atoms with Gasteiger partial charge < -0.3 is 9.64 Å². The minimum absolute atomic E-state index is 0.135. The molecule has 2 aliphatic rings. The number of amides is 1. The zero-order chi connectivity index (χ0) is 14.9. The molecular weight excluding hydrogens is 280 g/mol. The molecular formula is C16H20N4O2. The number of aromatic nitrogens is 2. The molecule has 0 N–H and O–H groups in total. The van der Waals surface area contributed by atoms with E-state index in [0.717, 1.165) is 44.5 Å². The lowest BCUT2D eigenvalue weighted by Gasteiger charge is -2.35. The average molecular weight is 300 g/mol. The quantitative estimate of drug-likeness (QED) is 0.866. The molecule has 2 fully saturated rings. The molecule has 1 amide bonds. The van der Waals surface area contributed by atoms with Crippen LogP contribution in [0.5, 0.6) is 0 Å². The van der Waals surface area contributed by atoms with Crippen LogP contribution in [0, 0.1) is 0 Å². The Balaban J connectivity index is 1.36. The summed E-state index contributed by atoms with van der Waals surface area (Å²) in [7, 11) is 0. The summed E-state index contributed by atoms with van der Waals surface area (Å²) in [6, 6.07) is 6.69. The van der Waals surface area contributed by atoms with Gasteiger partial charge in [-0.2, -0.15) is 5.10 Å². The van der Waals surface area contributed by atoms with Gasteiger partial charge in [0.05, 0.1) is 12.1 Å². The van der Waals surface area contributed by atoms with Gasteiger partial charge in [0.25, 0.3) is 0 Å². The Labute approximate surface area is 129 Å². The number of hydrogen-bond acceptors (Lipinski definition) is 4. The first kappa shape index (κ1) is 13.6. The van der Waals surface area contributed by atoms with E-state index in [9.17, 15) is 4.79 Å². The molecule has 4 rings (SSSR count). The fourth-order valence-electron chi connectivity index (χ4n) is 3.45. The zero-order valence-corrected chi connectivity index (χ0v) is 12.5. The van der Waals surface area contributed by atoms with Gasteiger partial charge in [-0.1, -0.05) is 0 Å². The number of pyridine rings is 1. The molecule has 0 atom stereocenters. The van der Waals surface area contributed by atoms with Gasteiger partial charge in [0.2, 0.25) is 0 Å². The Morgan fingerprint density at radius 3 is 2.86 bits per heavy atom. The van der Waals surface area contributed by atoms with E-state index < -0.39 is 0 Å². The van der Waals surface area contributed by atoms with Gasteiger partial charge in [0.1, 0.15) is 6.61 Å². The van der Waals surface area contributed by atoms with E-state index in [1.165, 1.54) is 5.56 Å². The number of likely N-dealkylation sites (tertiary alicyclic amines) is 1. The highest BCUT2D eigenvalue weighted by Crippen LogP contribution is 2.21. The minimum atomic E-state index is -0.135. The molecule has 2 aromatic rings. The molecule has 116 valence electrons. The summed E-state index contributed by atoms with van der Waals surface area (Å²) >= 11 is 0. The predicted octanol–water partition coefficient (Wildman–Crippen LogP) is 1.75. The monoisotopic (exact) mass is 300 g/mol. The van der Waals surface area contributed by atoms with Gasteiger partial charge in [0, 0.05) is 38.1 Å². The van der Waals surface area contributed by atoms with Crippen LogP contribution in [0.15, 0.2) is 30.6 Å². The highest BCUT2D eigenvalue weighted by atomic mass is 16.6. The van der Waals surface area contributed by atoms with Crippen LogP contribution in [0.3, 0.4) is 0 Å². The second kappa shape index (κ2) is 5.61. The Kier molecular flexibility index (Phi) is 3.46. The molecule has 0 saturated carbocycles. The summed E-state index contributed by atoms with van der Waals surface area (Å²) in [5.74, 6) is 0. The van der Waals surface area contributed by atoms with Crippen molar-refractivity contribution in [3.8, 4) is 0 Å². The molecule has 0 aromatic carbocycles. The fourth-order valence-corrected chi connectivity index (χ4v) is 3.45. The molecule has 0 spiro atoms. The number of cyclic esters (lactones) is 1. The third kappa shape index (κ3) is 2.54. The summed E-state index contributed by atoms with van der Waals surface area (Å²) in [6.07, 6.45) is 5.76. The normalized spacial score (nSPS) is 20.7. The van der Waals surface area contributed by atoms with Crippen molar-refractivity contribution < 1.29 is 9.53 Å². The molecule has 2 aliphatic heterocycles.